The van der Waals surface area contributed by atoms with Crippen molar-refractivity contribution in [3.8, 4) is 0 Å². The smallest absolute Gasteiger partial charge is 0.217 e. The number of hydrogen-bond donors (Lipinski definition) is 1. The van der Waals surface area contributed by atoms with Crippen LogP contribution in [-0.4, -0.2) is 20.7 Å². The maximum atomic E-state index is 10.5. The van der Waals surface area contributed by atoms with Gasteiger partial charge in [-0.15, -0.1) is 10.2 Å². The fourth-order valence-electron chi connectivity index (χ4n) is 0.904. The lowest BCUT2D eigenvalue weighted by Gasteiger charge is -1.98. The monoisotopic (exact) mass is 168 g/mol. The number of carbonyl (C=O) groups is 1. The van der Waals surface area contributed by atoms with E-state index < -0.39 is 0 Å². The third-order valence-electron chi connectivity index (χ3n) is 1.78. The van der Waals surface area contributed by atoms with Gasteiger partial charge in [-0.2, -0.15) is 0 Å². The van der Waals surface area contributed by atoms with Gasteiger partial charge in [0.05, 0.1) is 0 Å². The quantitative estimate of drug-likeness (QED) is 0.663. The standard InChI is InChI=1S/C7H12N4O/c1-5-9-10-7(11(5)2)4-3-6(8)12/h3-4H2,1-2H3,(H2,8,12). The SMILES string of the molecule is Cc1nnc(CCC(N)=O)n1C. The number of aryl methyl sites for hydroxylation is 2. The van der Waals surface area contributed by atoms with Crippen LogP contribution in [0, 0.1) is 6.92 Å². The van der Waals surface area contributed by atoms with Gasteiger partial charge in [0.15, 0.2) is 0 Å². The number of carbonyl (C=O) groups excluding carboxylic acids is 1. The topological polar surface area (TPSA) is 73.8 Å². The molecule has 1 aromatic heterocycles. The van der Waals surface area contributed by atoms with Crippen LogP contribution in [0.25, 0.3) is 0 Å². The van der Waals surface area contributed by atoms with Crippen LogP contribution in [-0.2, 0) is 18.3 Å². The van der Waals surface area contributed by atoms with Gasteiger partial charge in [-0.3, -0.25) is 4.79 Å². The first-order valence-corrected chi connectivity index (χ1v) is 3.74. The zero-order chi connectivity index (χ0) is 9.14. The maximum absolute atomic E-state index is 10.5. The molecule has 0 unspecified atom stereocenters. The summed E-state index contributed by atoms with van der Waals surface area (Å²) < 4.78 is 1.85. The molecular formula is C7H12N4O. The molecule has 1 aromatic rings. The van der Waals surface area contributed by atoms with Crippen molar-refractivity contribution in [1.29, 1.82) is 0 Å². The molecule has 0 saturated carbocycles. The van der Waals surface area contributed by atoms with Gasteiger partial charge in [-0.05, 0) is 6.92 Å². The van der Waals surface area contributed by atoms with Crippen LogP contribution in [0.15, 0.2) is 0 Å². The molecule has 12 heavy (non-hydrogen) atoms. The van der Waals surface area contributed by atoms with Gasteiger partial charge in [0.2, 0.25) is 5.91 Å². The minimum Gasteiger partial charge on any atom is -0.370 e. The number of aromatic nitrogens is 3. The number of nitrogens with zero attached hydrogens (tertiary/aromatic N) is 3. The molecule has 0 bridgehead atoms. The van der Waals surface area contributed by atoms with Crippen LogP contribution in [0.3, 0.4) is 0 Å². The fourth-order valence-corrected chi connectivity index (χ4v) is 0.904. The Bertz CT molecular complexity index is 292. The minimum absolute atomic E-state index is 0.310. The lowest BCUT2D eigenvalue weighted by molar-refractivity contribution is -0.118. The van der Waals surface area contributed by atoms with E-state index >= 15 is 0 Å². The van der Waals surface area contributed by atoms with Gasteiger partial charge >= 0.3 is 0 Å². The number of nitrogens with two attached hydrogens (primary N) is 1. The average Bonchev–Trinajstić information content (AvgIpc) is 2.30. The third kappa shape index (κ3) is 1.81. The molecule has 0 radical (unpaired) electrons. The second-order valence-electron chi connectivity index (χ2n) is 2.69. The molecule has 0 spiro atoms. The Morgan fingerprint density at radius 1 is 1.58 bits per heavy atom. The van der Waals surface area contributed by atoms with E-state index in [4.69, 9.17) is 5.73 Å². The Morgan fingerprint density at radius 2 is 2.25 bits per heavy atom. The second-order valence-corrected chi connectivity index (χ2v) is 2.69. The number of amides is 1. The molecule has 1 rings (SSSR count). The highest BCUT2D eigenvalue weighted by Gasteiger charge is 2.05. The van der Waals surface area contributed by atoms with E-state index in [9.17, 15) is 4.79 Å². The number of rotatable bonds is 3. The Hall–Kier alpha value is -1.39. The van der Waals surface area contributed by atoms with Gasteiger partial charge in [0.1, 0.15) is 11.6 Å². The predicted octanol–water partition coefficient (Wildman–Crippen LogP) is -0.459. The largest absolute Gasteiger partial charge is 0.370 e. The highest BCUT2D eigenvalue weighted by atomic mass is 16.1. The van der Waals surface area contributed by atoms with Gasteiger partial charge in [0, 0.05) is 19.9 Å². The van der Waals surface area contributed by atoms with Crippen LogP contribution < -0.4 is 5.73 Å². The van der Waals surface area contributed by atoms with Crippen molar-refractivity contribution in [2.45, 2.75) is 19.8 Å². The van der Waals surface area contributed by atoms with E-state index in [2.05, 4.69) is 10.2 Å². The van der Waals surface area contributed by atoms with Crippen molar-refractivity contribution in [2.24, 2.45) is 12.8 Å². The highest BCUT2D eigenvalue weighted by molar-refractivity contribution is 5.73. The van der Waals surface area contributed by atoms with Crippen molar-refractivity contribution in [1.82, 2.24) is 14.8 Å². The molecule has 0 aliphatic heterocycles. The molecule has 0 aliphatic rings. The third-order valence-corrected chi connectivity index (χ3v) is 1.78. The Kier molecular flexibility index (Phi) is 2.42. The van der Waals surface area contributed by atoms with E-state index in [0.717, 1.165) is 11.6 Å². The molecule has 5 heteroatoms. The summed E-state index contributed by atoms with van der Waals surface area (Å²) >= 11 is 0. The molecule has 1 amide bonds. The fraction of sp³-hybridized carbons (Fsp3) is 0.571. The summed E-state index contributed by atoms with van der Waals surface area (Å²) in [5.41, 5.74) is 5.00. The molecule has 66 valence electrons. The Balaban J connectivity index is 2.63. The summed E-state index contributed by atoms with van der Waals surface area (Å²) in [6.07, 6.45) is 0.888. The predicted molar refractivity (Wildman–Crippen MR) is 43.3 cm³/mol. The van der Waals surface area contributed by atoms with Crippen LogP contribution in [0.4, 0.5) is 0 Å². The highest BCUT2D eigenvalue weighted by Crippen LogP contribution is 2.00. The summed E-state index contributed by atoms with van der Waals surface area (Å²) in [5, 5.41) is 7.75. The van der Waals surface area contributed by atoms with Crippen molar-refractivity contribution >= 4 is 5.91 Å². The lowest BCUT2D eigenvalue weighted by Crippen LogP contribution is -2.12. The first-order chi connectivity index (χ1) is 5.61. The summed E-state index contributed by atoms with van der Waals surface area (Å²) in [4.78, 5) is 10.5. The van der Waals surface area contributed by atoms with E-state index in [0.29, 0.717) is 12.8 Å². The summed E-state index contributed by atoms with van der Waals surface area (Å²) in [7, 11) is 1.87. The van der Waals surface area contributed by atoms with Crippen molar-refractivity contribution < 1.29 is 4.79 Å². The van der Waals surface area contributed by atoms with Crippen LogP contribution in [0.1, 0.15) is 18.1 Å². The molecular weight excluding hydrogens is 156 g/mol. The van der Waals surface area contributed by atoms with Gasteiger partial charge in [-0.1, -0.05) is 0 Å². The minimum atomic E-state index is -0.310. The average molecular weight is 168 g/mol. The van der Waals surface area contributed by atoms with E-state index in [1.165, 1.54) is 0 Å². The molecule has 2 N–H and O–H groups in total. The number of hydrogen-bond acceptors (Lipinski definition) is 3. The van der Waals surface area contributed by atoms with Crippen molar-refractivity contribution in [3.05, 3.63) is 11.6 Å². The first kappa shape index (κ1) is 8.70. The molecule has 0 saturated heterocycles. The molecule has 0 aliphatic carbocycles. The summed E-state index contributed by atoms with van der Waals surface area (Å²) in [5.74, 6) is 1.33. The van der Waals surface area contributed by atoms with Crippen molar-refractivity contribution in [2.75, 3.05) is 0 Å². The Labute approximate surface area is 70.6 Å². The van der Waals surface area contributed by atoms with E-state index in [-0.39, 0.29) is 5.91 Å². The second kappa shape index (κ2) is 3.34. The molecule has 0 fully saturated rings. The lowest BCUT2D eigenvalue weighted by atomic mass is 10.3. The molecule has 1 heterocycles. The zero-order valence-electron chi connectivity index (χ0n) is 7.24. The van der Waals surface area contributed by atoms with Gasteiger partial charge in [0.25, 0.3) is 0 Å². The summed E-state index contributed by atoms with van der Waals surface area (Å²) in [6.45, 7) is 1.86. The van der Waals surface area contributed by atoms with Gasteiger partial charge < -0.3 is 10.3 Å². The first-order valence-electron chi connectivity index (χ1n) is 3.74. The summed E-state index contributed by atoms with van der Waals surface area (Å²) in [6, 6.07) is 0. The Morgan fingerprint density at radius 3 is 2.67 bits per heavy atom. The number of primary amides is 1. The normalized spacial score (nSPS) is 10.2. The maximum Gasteiger partial charge on any atom is 0.217 e. The van der Waals surface area contributed by atoms with Crippen LogP contribution in [0.5, 0.6) is 0 Å². The van der Waals surface area contributed by atoms with E-state index in [1.54, 1.807) is 0 Å². The molecule has 0 aromatic carbocycles. The van der Waals surface area contributed by atoms with Crippen LogP contribution >= 0.6 is 0 Å². The molecule has 0 atom stereocenters. The van der Waals surface area contributed by atoms with Gasteiger partial charge in [-0.25, -0.2) is 0 Å². The van der Waals surface area contributed by atoms with Crippen molar-refractivity contribution in [3.63, 3.8) is 0 Å². The van der Waals surface area contributed by atoms with Crippen LogP contribution in [0.2, 0.25) is 0 Å². The van der Waals surface area contributed by atoms with E-state index in [1.807, 2.05) is 18.5 Å². The zero-order valence-corrected chi connectivity index (χ0v) is 7.24. The molecule has 5 nitrogen and oxygen atoms in total.